The van der Waals surface area contributed by atoms with Gasteiger partial charge < -0.3 is 75.5 Å². The number of phenolic OH excluding ortho intramolecular Hbond substituents is 1. The second kappa shape index (κ2) is 27.0. The standard InChI is InChI=1S/C44H67N13O13/c1-5-22(4)36-43(69)51-26(12-13-32(46)59)39(65)53-29(18-33(47)60)40(66)55-30(44(70)57-14-6-7-31(57)42(68)54-27(15-21(2)3)38(64)50-20-34(48)61)19-49-35(62)17-25(45)37(63)52-28(41(67)56-36)16-23-8-10-24(58)11-9-23/h8-11,21-22,25-31,36,58H,5-7,12-20,45H2,1-4H3,(H2,46,59)(H2,47,60)(H2,48,61)(H,49,62)(H,50,64)(H,51,69)(H,52,63)(H,53,65)(H,54,68)(H,55,66)(H,56,67)/t22-,25-,26-,27-,28-,29-,30?,31-,36-/m0/s1. The number of amides is 12. The van der Waals surface area contributed by atoms with Gasteiger partial charge in [-0.15, -0.1) is 0 Å². The van der Waals surface area contributed by atoms with Crippen LogP contribution in [0.5, 0.6) is 5.75 Å². The highest BCUT2D eigenvalue weighted by atomic mass is 16.3. The fraction of sp³-hybridized carbons (Fsp3) is 0.591. The van der Waals surface area contributed by atoms with Crippen LogP contribution < -0.4 is 65.5 Å². The number of nitrogens with one attached hydrogen (secondary N) is 8. The molecule has 17 N–H and O–H groups in total. The van der Waals surface area contributed by atoms with Crippen molar-refractivity contribution in [2.45, 2.75) is 134 Å². The van der Waals surface area contributed by atoms with E-state index in [4.69, 9.17) is 22.9 Å². The van der Waals surface area contributed by atoms with Crippen molar-refractivity contribution < 1.29 is 62.6 Å². The van der Waals surface area contributed by atoms with Gasteiger partial charge in [0.1, 0.15) is 48.0 Å². The quantitative estimate of drug-likeness (QED) is 0.0693. The normalized spacial score (nSPS) is 24.0. The van der Waals surface area contributed by atoms with Gasteiger partial charge in [0.2, 0.25) is 70.9 Å². The zero-order valence-corrected chi connectivity index (χ0v) is 39.7. The molecule has 26 nitrogen and oxygen atoms in total. The van der Waals surface area contributed by atoms with Crippen LogP contribution in [0.4, 0.5) is 0 Å². The summed E-state index contributed by atoms with van der Waals surface area (Å²) < 4.78 is 0. The van der Waals surface area contributed by atoms with Crippen molar-refractivity contribution in [2.75, 3.05) is 19.6 Å². The Bertz CT molecular complexity index is 2120. The first kappa shape index (κ1) is 56.9. The van der Waals surface area contributed by atoms with E-state index in [1.807, 2.05) is 0 Å². The first-order valence-corrected chi connectivity index (χ1v) is 23.0. The van der Waals surface area contributed by atoms with Gasteiger partial charge in [0.05, 0.1) is 25.4 Å². The summed E-state index contributed by atoms with van der Waals surface area (Å²) in [5.74, 6) is -12.1. The first-order chi connectivity index (χ1) is 32.9. The number of likely N-dealkylation sites (tertiary alicyclic amines) is 1. The van der Waals surface area contributed by atoms with Gasteiger partial charge in [0, 0.05) is 25.9 Å². The minimum atomic E-state index is -1.86. The van der Waals surface area contributed by atoms with Crippen molar-refractivity contribution in [1.29, 1.82) is 0 Å². The molecule has 70 heavy (non-hydrogen) atoms. The van der Waals surface area contributed by atoms with Gasteiger partial charge in [-0.25, -0.2) is 0 Å². The maximum absolute atomic E-state index is 14.5. The molecule has 3 rings (SSSR count). The van der Waals surface area contributed by atoms with E-state index in [-0.39, 0.29) is 43.9 Å². The maximum Gasteiger partial charge on any atom is 0.247 e. The largest absolute Gasteiger partial charge is 0.508 e. The average molecular weight is 986 g/mol. The molecule has 1 unspecified atom stereocenters. The summed E-state index contributed by atoms with van der Waals surface area (Å²) in [6.45, 7) is 5.62. The topological polar surface area (TPSA) is 429 Å². The highest BCUT2D eigenvalue weighted by molar-refractivity contribution is 6.00. The number of carbonyl (C=O) groups excluding carboxylic acids is 12. The van der Waals surface area contributed by atoms with Crippen LogP contribution in [-0.4, -0.2) is 149 Å². The Morgan fingerprint density at radius 1 is 0.786 bits per heavy atom. The van der Waals surface area contributed by atoms with Crippen LogP contribution >= 0.6 is 0 Å². The van der Waals surface area contributed by atoms with Crippen LogP contribution in [0.3, 0.4) is 0 Å². The third-order valence-electron chi connectivity index (χ3n) is 11.6. The molecule has 1 aromatic rings. The molecule has 386 valence electrons. The number of nitrogens with zero attached hydrogens (tertiary/aromatic N) is 1. The fourth-order valence-electron chi connectivity index (χ4n) is 7.64. The molecule has 0 bridgehead atoms. The lowest BCUT2D eigenvalue weighted by Gasteiger charge is -2.31. The predicted molar refractivity (Wildman–Crippen MR) is 247 cm³/mol. The average Bonchev–Trinajstić information content (AvgIpc) is 3.79. The summed E-state index contributed by atoms with van der Waals surface area (Å²) in [7, 11) is 0. The number of carbonyl (C=O) groups is 12. The number of hydrogen-bond donors (Lipinski definition) is 13. The second-order valence-corrected chi connectivity index (χ2v) is 17.8. The lowest BCUT2D eigenvalue weighted by molar-refractivity contribution is -0.143. The van der Waals surface area contributed by atoms with Crippen LogP contribution in [0.2, 0.25) is 0 Å². The Morgan fingerprint density at radius 2 is 1.40 bits per heavy atom. The van der Waals surface area contributed by atoms with Crippen LogP contribution in [0.1, 0.15) is 84.6 Å². The predicted octanol–water partition coefficient (Wildman–Crippen LogP) is -5.48. The van der Waals surface area contributed by atoms with Crippen LogP contribution in [0.15, 0.2) is 24.3 Å². The zero-order valence-electron chi connectivity index (χ0n) is 39.7. The number of aromatic hydroxyl groups is 1. The Morgan fingerprint density at radius 3 is 2.00 bits per heavy atom. The zero-order chi connectivity index (χ0) is 52.4. The van der Waals surface area contributed by atoms with Gasteiger partial charge in [-0.2, -0.15) is 0 Å². The molecule has 9 atom stereocenters. The van der Waals surface area contributed by atoms with Crippen molar-refractivity contribution in [1.82, 2.24) is 47.4 Å². The summed E-state index contributed by atoms with van der Waals surface area (Å²) in [5.41, 5.74) is 22.7. The number of phenols is 1. The summed E-state index contributed by atoms with van der Waals surface area (Å²) in [6, 6.07) is -6.42. The summed E-state index contributed by atoms with van der Waals surface area (Å²) in [6.07, 6.45) is -1.92. The van der Waals surface area contributed by atoms with Gasteiger partial charge in [0.25, 0.3) is 0 Å². The minimum absolute atomic E-state index is 0.0514. The summed E-state index contributed by atoms with van der Waals surface area (Å²) in [4.78, 5) is 161. The smallest absolute Gasteiger partial charge is 0.247 e. The fourth-order valence-corrected chi connectivity index (χ4v) is 7.64. The van der Waals surface area contributed by atoms with Crippen LogP contribution in [0.25, 0.3) is 0 Å². The van der Waals surface area contributed by atoms with E-state index in [9.17, 15) is 62.6 Å². The molecule has 0 spiro atoms. The monoisotopic (exact) mass is 985 g/mol. The molecule has 2 heterocycles. The van der Waals surface area contributed by atoms with E-state index in [1.165, 1.54) is 24.3 Å². The second-order valence-electron chi connectivity index (χ2n) is 17.8. The van der Waals surface area contributed by atoms with E-state index in [0.29, 0.717) is 12.0 Å². The molecule has 0 aromatic heterocycles. The van der Waals surface area contributed by atoms with Gasteiger partial charge >= 0.3 is 0 Å². The Hall–Kier alpha value is -7.38. The lowest BCUT2D eigenvalue weighted by atomic mass is 9.96. The van der Waals surface area contributed by atoms with Crippen molar-refractivity contribution in [3.05, 3.63) is 29.8 Å². The molecule has 0 saturated carbocycles. The van der Waals surface area contributed by atoms with E-state index >= 15 is 0 Å². The maximum atomic E-state index is 14.5. The number of hydrogen-bond acceptors (Lipinski definition) is 14. The molecule has 0 radical (unpaired) electrons. The molecular weight excluding hydrogens is 919 g/mol. The number of primary amides is 3. The van der Waals surface area contributed by atoms with Gasteiger partial charge in [-0.05, 0) is 55.2 Å². The number of rotatable bonds is 17. The van der Waals surface area contributed by atoms with Crippen molar-refractivity contribution in [3.63, 3.8) is 0 Å². The first-order valence-electron chi connectivity index (χ1n) is 23.0. The van der Waals surface area contributed by atoms with Gasteiger partial charge in [-0.3, -0.25) is 57.5 Å². The SMILES string of the molecule is CC[C@H](C)[C@@H]1NC(=O)[C@H](Cc2ccc(O)cc2)NC(=O)[C@@H](N)CC(=O)NCC(C(=O)N2CCC[C@H]2C(=O)N[C@@H](CC(C)C)C(=O)NCC(N)=O)NC(=O)[C@H](CC(N)=O)NC(=O)[C@H](CCC(N)=O)NC1=O. The van der Waals surface area contributed by atoms with Crippen molar-refractivity contribution in [2.24, 2.45) is 34.8 Å². The van der Waals surface area contributed by atoms with Crippen LogP contribution in [0, 0.1) is 11.8 Å². The van der Waals surface area contributed by atoms with Crippen LogP contribution in [-0.2, 0) is 64.0 Å². The number of benzene rings is 1. The molecule has 26 heteroatoms. The Labute approximate surface area is 404 Å². The van der Waals surface area contributed by atoms with E-state index in [1.54, 1.807) is 27.7 Å². The molecule has 0 aliphatic carbocycles. The minimum Gasteiger partial charge on any atom is -0.508 e. The van der Waals surface area contributed by atoms with E-state index in [2.05, 4.69) is 42.5 Å². The Kier molecular flexibility index (Phi) is 21.9. The summed E-state index contributed by atoms with van der Waals surface area (Å²) >= 11 is 0. The highest BCUT2D eigenvalue weighted by Crippen LogP contribution is 2.20. The molecule has 2 saturated heterocycles. The lowest BCUT2D eigenvalue weighted by Crippen LogP contribution is -2.62. The van der Waals surface area contributed by atoms with Gasteiger partial charge in [-0.1, -0.05) is 46.2 Å². The van der Waals surface area contributed by atoms with Crippen molar-refractivity contribution in [3.8, 4) is 5.75 Å². The van der Waals surface area contributed by atoms with Crippen molar-refractivity contribution >= 4 is 70.9 Å². The summed E-state index contributed by atoms with van der Waals surface area (Å²) in [5, 5.41) is 29.6. The number of nitrogens with two attached hydrogens (primary N) is 4. The third-order valence-corrected chi connectivity index (χ3v) is 11.6. The Balaban J connectivity index is 2.09. The molecule has 2 aliphatic heterocycles. The van der Waals surface area contributed by atoms with E-state index < -0.39 is 164 Å². The molecular formula is C44H67N13O13. The molecule has 2 fully saturated rings. The van der Waals surface area contributed by atoms with E-state index in [0.717, 1.165) is 4.90 Å². The van der Waals surface area contributed by atoms with Gasteiger partial charge in [0.15, 0.2) is 0 Å². The third kappa shape index (κ3) is 17.9. The molecule has 2 aliphatic rings. The molecule has 1 aromatic carbocycles. The molecule has 12 amide bonds. The highest BCUT2D eigenvalue weighted by Gasteiger charge is 2.41.